The van der Waals surface area contributed by atoms with Crippen LogP contribution in [0, 0.1) is 11.8 Å². The minimum absolute atomic E-state index is 0. The molecule has 2 aliphatic rings. The van der Waals surface area contributed by atoms with Crippen molar-refractivity contribution in [1.82, 2.24) is 9.62 Å². The molecule has 22 heavy (non-hydrogen) atoms. The van der Waals surface area contributed by atoms with Gasteiger partial charge in [0, 0.05) is 13.1 Å². The number of hydrogen-bond donors (Lipinski definition) is 2. The number of hydrogen-bond acceptors (Lipinski definition) is 5. The Balaban J connectivity index is 0.00000176. The molecule has 2 saturated heterocycles. The lowest BCUT2D eigenvalue weighted by Gasteiger charge is -2.17. The highest BCUT2D eigenvalue weighted by atomic mass is 35.5. The molecule has 3 N–H and O–H groups in total. The molecule has 0 spiro atoms. The number of halogens is 1. The summed E-state index contributed by atoms with van der Waals surface area (Å²) in [6.07, 6.45) is 0. The van der Waals surface area contributed by atoms with Crippen molar-refractivity contribution in [3.63, 3.8) is 0 Å². The van der Waals surface area contributed by atoms with Crippen LogP contribution in [0.15, 0.2) is 34.1 Å². The highest BCUT2D eigenvalue weighted by Gasteiger charge is 2.41. The lowest BCUT2D eigenvalue weighted by molar-refractivity contribution is 0.448. The molecule has 0 saturated carbocycles. The van der Waals surface area contributed by atoms with Gasteiger partial charge in [-0.15, -0.1) is 12.4 Å². The summed E-state index contributed by atoms with van der Waals surface area (Å²) in [5.41, 5.74) is 0. The Hall–Kier alpha value is -0.710. The van der Waals surface area contributed by atoms with Crippen molar-refractivity contribution in [3.05, 3.63) is 24.3 Å². The standard InChI is InChI=1S/C12H17N3O4S2.ClH/c13-20(16,17)11-2-1-3-12(4-11)21(18,19)15-7-9-5-14-6-10(9)8-15;/h1-4,9-10,14H,5-8H2,(H2,13,16,17);1H/t9-,10+;. The molecule has 0 aromatic heterocycles. The van der Waals surface area contributed by atoms with Crippen LogP contribution < -0.4 is 10.5 Å². The van der Waals surface area contributed by atoms with Crippen LogP contribution in [0.25, 0.3) is 0 Å². The van der Waals surface area contributed by atoms with Crippen molar-refractivity contribution >= 4 is 32.5 Å². The number of nitrogens with two attached hydrogens (primary N) is 1. The predicted molar refractivity (Wildman–Crippen MR) is 83.7 cm³/mol. The molecular formula is C12H18ClN3O4S2. The van der Waals surface area contributed by atoms with E-state index in [9.17, 15) is 16.8 Å². The predicted octanol–water partition coefficient (Wildman–Crippen LogP) is -0.404. The van der Waals surface area contributed by atoms with Gasteiger partial charge in [0.25, 0.3) is 0 Å². The van der Waals surface area contributed by atoms with Crippen molar-refractivity contribution < 1.29 is 16.8 Å². The molecule has 0 amide bonds. The Morgan fingerprint density at radius 1 is 1.05 bits per heavy atom. The van der Waals surface area contributed by atoms with Crippen LogP contribution in [0.3, 0.4) is 0 Å². The number of nitrogens with one attached hydrogen (secondary N) is 1. The minimum atomic E-state index is -3.92. The quantitative estimate of drug-likeness (QED) is 0.755. The first-order valence-electron chi connectivity index (χ1n) is 6.62. The lowest BCUT2D eigenvalue weighted by atomic mass is 10.0. The fourth-order valence-electron chi connectivity index (χ4n) is 2.97. The summed E-state index contributed by atoms with van der Waals surface area (Å²) in [5, 5.41) is 8.30. The first kappa shape index (κ1) is 17.6. The SMILES string of the molecule is Cl.NS(=O)(=O)c1cccc(S(=O)(=O)N2C[C@H]3CNC[C@H]3C2)c1. The fourth-order valence-corrected chi connectivity index (χ4v) is 5.20. The summed E-state index contributed by atoms with van der Waals surface area (Å²) in [6.45, 7) is 2.60. The maximum atomic E-state index is 12.6. The van der Waals surface area contributed by atoms with Gasteiger partial charge >= 0.3 is 0 Å². The normalized spacial score (nSPS) is 25.7. The Kier molecular flexibility index (Phi) is 4.86. The molecule has 124 valence electrons. The summed E-state index contributed by atoms with van der Waals surface area (Å²) in [5.74, 6) is 0.669. The van der Waals surface area contributed by atoms with E-state index in [-0.39, 0.29) is 22.2 Å². The molecule has 0 radical (unpaired) electrons. The molecule has 0 unspecified atom stereocenters. The van der Waals surface area contributed by atoms with Gasteiger partial charge in [-0.3, -0.25) is 0 Å². The maximum Gasteiger partial charge on any atom is 0.243 e. The molecule has 2 heterocycles. The van der Waals surface area contributed by atoms with Gasteiger partial charge < -0.3 is 5.32 Å². The molecule has 2 atom stereocenters. The van der Waals surface area contributed by atoms with Crippen LogP contribution >= 0.6 is 12.4 Å². The van der Waals surface area contributed by atoms with Gasteiger partial charge in [0.1, 0.15) is 0 Å². The Morgan fingerprint density at radius 3 is 2.14 bits per heavy atom. The molecule has 2 aliphatic heterocycles. The van der Waals surface area contributed by atoms with E-state index in [1.54, 1.807) is 0 Å². The van der Waals surface area contributed by atoms with Crippen molar-refractivity contribution in [2.24, 2.45) is 17.0 Å². The van der Waals surface area contributed by atoms with E-state index in [0.29, 0.717) is 24.9 Å². The van der Waals surface area contributed by atoms with Crippen molar-refractivity contribution in [1.29, 1.82) is 0 Å². The third-order valence-electron chi connectivity index (χ3n) is 4.13. The van der Waals surface area contributed by atoms with Gasteiger partial charge in [0.15, 0.2) is 0 Å². The highest BCUT2D eigenvalue weighted by Crippen LogP contribution is 2.31. The Bertz CT molecular complexity index is 754. The topological polar surface area (TPSA) is 110 Å². The van der Waals surface area contributed by atoms with E-state index in [1.807, 2.05) is 0 Å². The zero-order chi connectivity index (χ0) is 15.3. The number of fused-ring (bicyclic) bond motifs is 1. The second kappa shape index (κ2) is 6.06. The Morgan fingerprint density at radius 2 is 1.59 bits per heavy atom. The third kappa shape index (κ3) is 3.15. The molecule has 2 fully saturated rings. The highest BCUT2D eigenvalue weighted by molar-refractivity contribution is 7.90. The average molecular weight is 368 g/mol. The van der Waals surface area contributed by atoms with E-state index in [1.165, 1.54) is 22.5 Å². The molecule has 3 rings (SSSR count). The first-order valence-corrected chi connectivity index (χ1v) is 9.61. The van der Waals surface area contributed by atoms with Crippen LogP contribution in [0.1, 0.15) is 0 Å². The van der Waals surface area contributed by atoms with E-state index >= 15 is 0 Å². The van der Waals surface area contributed by atoms with Crippen LogP contribution in [0.2, 0.25) is 0 Å². The van der Waals surface area contributed by atoms with E-state index in [2.05, 4.69) is 5.32 Å². The van der Waals surface area contributed by atoms with Gasteiger partial charge in [0.05, 0.1) is 9.79 Å². The molecule has 0 aliphatic carbocycles. The molecule has 0 bridgehead atoms. The smallest absolute Gasteiger partial charge is 0.243 e. The van der Waals surface area contributed by atoms with Crippen molar-refractivity contribution in [2.45, 2.75) is 9.79 Å². The molecule has 1 aromatic carbocycles. The first-order chi connectivity index (χ1) is 9.78. The summed E-state index contributed by atoms with van der Waals surface area (Å²) in [4.78, 5) is -0.216. The van der Waals surface area contributed by atoms with Gasteiger partial charge in [0.2, 0.25) is 20.0 Å². The van der Waals surface area contributed by atoms with E-state index < -0.39 is 20.0 Å². The summed E-state index contributed by atoms with van der Waals surface area (Å²) in [6, 6.07) is 5.20. The second-order valence-corrected chi connectivity index (χ2v) is 9.02. The second-order valence-electron chi connectivity index (χ2n) is 5.52. The van der Waals surface area contributed by atoms with Crippen LogP contribution in [-0.4, -0.2) is 47.3 Å². The van der Waals surface area contributed by atoms with Crippen LogP contribution in [0.4, 0.5) is 0 Å². The molecular weight excluding hydrogens is 350 g/mol. The number of primary sulfonamides is 1. The zero-order valence-electron chi connectivity index (χ0n) is 11.7. The van der Waals surface area contributed by atoms with Crippen LogP contribution in [0.5, 0.6) is 0 Å². The lowest BCUT2D eigenvalue weighted by Crippen LogP contribution is -2.32. The number of rotatable bonds is 3. The van der Waals surface area contributed by atoms with Crippen molar-refractivity contribution in [3.8, 4) is 0 Å². The van der Waals surface area contributed by atoms with Gasteiger partial charge in [-0.25, -0.2) is 22.0 Å². The summed E-state index contributed by atoms with van der Waals surface area (Å²) in [7, 11) is -7.60. The minimum Gasteiger partial charge on any atom is -0.316 e. The summed E-state index contributed by atoms with van der Waals surface area (Å²) < 4.78 is 49.4. The van der Waals surface area contributed by atoms with Crippen molar-refractivity contribution in [2.75, 3.05) is 26.2 Å². The van der Waals surface area contributed by atoms with Gasteiger partial charge in [-0.1, -0.05) is 6.07 Å². The molecule has 1 aromatic rings. The Labute approximate surface area is 136 Å². The third-order valence-corrected chi connectivity index (χ3v) is 6.87. The fraction of sp³-hybridized carbons (Fsp3) is 0.500. The average Bonchev–Trinajstić information content (AvgIpc) is 2.98. The molecule has 7 nitrogen and oxygen atoms in total. The van der Waals surface area contributed by atoms with Gasteiger partial charge in [-0.05, 0) is 43.1 Å². The van der Waals surface area contributed by atoms with Gasteiger partial charge in [-0.2, -0.15) is 4.31 Å². The van der Waals surface area contributed by atoms with E-state index in [0.717, 1.165) is 19.2 Å². The van der Waals surface area contributed by atoms with Crippen LogP contribution in [-0.2, 0) is 20.0 Å². The monoisotopic (exact) mass is 367 g/mol. The van der Waals surface area contributed by atoms with E-state index in [4.69, 9.17) is 5.14 Å². The largest absolute Gasteiger partial charge is 0.316 e. The maximum absolute atomic E-state index is 12.6. The summed E-state index contributed by atoms with van der Waals surface area (Å²) >= 11 is 0. The molecule has 10 heteroatoms. The number of benzene rings is 1. The zero-order valence-corrected chi connectivity index (χ0v) is 14.1. The number of sulfonamides is 2. The number of nitrogens with zero attached hydrogens (tertiary/aromatic N) is 1.